The molecule has 114 valence electrons. The van der Waals surface area contributed by atoms with Crippen molar-refractivity contribution in [2.45, 2.75) is 19.8 Å². The molecule has 1 rings (SSSR count). The summed E-state index contributed by atoms with van der Waals surface area (Å²) in [5.41, 5.74) is 1.22. The van der Waals surface area contributed by atoms with Gasteiger partial charge in [-0.05, 0) is 37.7 Å². The van der Waals surface area contributed by atoms with Crippen LogP contribution >= 0.6 is 0 Å². The molecule has 0 bridgehead atoms. The molecule has 1 aromatic carbocycles. The third-order valence-corrected chi connectivity index (χ3v) is 3.21. The van der Waals surface area contributed by atoms with Crippen molar-refractivity contribution in [3.63, 3.8) is 0 Å². The molecule has 0 aliphatic rings. The minimum absolute atomic E-state index is 0.0205. The fourth-order valence-electron chi connectivity index (χ4n) is 2.00. The van der Waals surface area contributed by atoms with Crippen LogP contribution in [0.3, 0.4) is 0 Å². The maximum atomic E-state index is 11.9. The number of nitrogens with one attached hydrogen (secondary N) is 1. The van der Waals surface area contributed by atoms with E-state index in [9.17, 15) is 4.79 Å². The van der Waals surface area contributed by atoms with Crippen LogP contribution < -0.4 is 5.32 Å². The van der Waals surface area contributed by atoms with Crippen LogP contribution in [0.5, 0.6) is 0 Å². The minimum atomic E-state index is -0.0205. The van der Waals surface area contributed by atoms with Gasteiger partial charge in [0.2, 0.25) is 5.91 Å². The fourth-order valence-corrected chi connectivity index (χ4v) is 2.00. The second kappa shape index (κ2) is 9.92. The molecule has 0 aliphatic heterocycles. The summed E-state index contributed by atoms with van der Waals surface area (Å²) in [7, 11) is 1.69. The van der Waals surface area contributed by atoms with Crippen LogP contribution in [0, 0.1) is 11.3 Å². The van der Waals surface area contributed by atoms with Crippen molar-refractivity contribution in [1.29, 1.82) is 5.26 Å². The molecule has 0 aromatic heterocycles. The summed E-state index contributed by atoms with van der Waals surface area (Å²) in [4.78, 5) is 14.1. The summed E-state index contributed by atoms with van der Waals surface area (Å²) in [6, 6.07) is 8.99. The Labute approximate surface area is 126 Å². The summed E-state index contributed by atoms with van der Waals surface area (Å²) >= 11 is 0. The van der Waals surface area contributed by atoms with Gasteiger partial charge in [-0.25, -0.2) is 0 Å². The summed E-state index contributed by atoms with van der Waals surface area (Å²) in [6.07, 6.45) is 1.28. The molecule has 0 fully saturated rings. The highest BCUT2D eigenvalue weighted by atomic mass is 16.5. The molecule has 1 aromatic rings. The number of carbonyl (C=O) groups is 1. The van der Waals surface area contributed by atoms with E-state index in [1.165, 1.54) is 0 Å². The number of benzene rings is 1. The van der Waals surface area contributed by atoms with Crippen LogP contribution in [-0.2, 0) is 9.53 Å². The molecule has 1 N–H and O–H groups in total. The molecule has 21 heavy (non-hydrogen) atoms. The number of likely N-dealkylation sites (N-methyl/N-ethyl adjacent to an activating group) is 1. The fraction of sp³-hybridized carbons (Fsp3) is 0.500. The van der Waals surface area contributed by atoms with Gasteiger partial charge in [0.15, 0.2) is 0 Å². The Morgan fingerprint density at radius 3 is 2.90 bits per heavy atom. The number of ether oxygens (including phenoxy) is 1. The number of rotatable bonds is 9. The summed E-state index contributed by atoms with van der Waals surface area (Å²) in [5, 5.41) is 11.6. The van der Waals surface area contributed by atoms with Crippen LogP contribution in [0.1, 0.15) is 25.3 Å². The molecule has 5 nitrogen and oxygen atoms in total. The lowest BCUT2D eigenvalue weighted by atomic mass is 10.2. The average Bonchev–Trinajstić information content (AvgIpc) is 2.50. The van der Waals surface area contributed by atoms with Gasteiger partial charge >= 0.3 is 0 Å². The number of methoxy groups -OCH3 is 1. The zero-order valence-corrected chi connectivity index (χ0v) is 12.8. The highest BCUT2D eigenvalue weighted by molar-refractivity contribution is 5.90. The van der Waals surface area contributed by atoms with Crippen molar-refractivity contribution in [3.05, 3.63) is 29.8 Å². The van der Waals surface area contributed by atoms with Crippen molar-refractivity contribution in [3.8, 4) is 6.07 Å². The second-order valence-electron chi connectivity index (χ2n) is 4.77. The molecule has 0 saturated carbocycles. The van der Waals surface area contributed by atoms with Crippen molar-refractivity contribution in [2.24, 2.45) is 0 Å². The molecular weight excluding hydrogens is 266 g/mol. The molecule has 0 radical (unpaired) electrons. The van der Waals surface area contributed by atoms with E-state index >= 15 is 0 Å². The van der Waals surface area contributed by atoms with Gasteiger partial charge in [-0.15, -0.1) is 0 Å². The summed E-state index contributed by atoms with van der Waals surface area (Å²) in [5.74, 6) is -0.0205. The largest absolute Gasteiger partial charge is 0.383 e. The van der Waals surface area contributed by atoms with Crippen LogP contribution in [0.15, 0.2) is 24.3 Å². The van der Waals surface area contributed by atoms with E-state index in [4.69, 9.17) is 10.00 Å². The first kappa shape index (κ1) is 17.2. The second-order valence-corrected chi connectivity index (χ2v) is 4.77. The summed E-state index contributed by atoms with van der Waals surface area (Å²) in [6.45, 7) is 5.53. The number of carbonyl (C=O) groups excluding carboxylic acids is 1. The SMILES string of the molecule is CCN(CCCC(=O)Nc1cccc(C#N)c1)CCOC. The monoisotopic (exact) mass is 289 g/mol. The van der Waals surface area contributed by atoms with Crippen molar-refractivity contribution < 1.29 is 9.53 Å². The van der Waals surface area contributed by atoms with Crippen molar-refractivity contribution in [2.75, 3.05) is 38.7 Å². The predicted molar refractivity (Wildman–Crippen MR) is 83.0 cm³/mol. The number of anilines is 1. The van der Waals surface area contributed by atoms with Gasteiger partial charge < -0.3 is 15.0 Å². The van der Waals surface area contributed by atoms with E-state index in [0.717, 1.165) is 26.1 Å². The van der Waals surface area contributed by atoms with Gasteiger partial charge in [-0.1, -0.05) is 13.0 Å². The van der Waals surface area contributed by atoms with E-state index in [2.05, 4.69) is 23.2 Å². The molecule has 1 amide bonds. The topological polar surface area (TPSA) is 65.4 Å². The van der Waals surface area contributed by atoms with E-state index in [0.29, 0.717) is 24.3 Å². The molecule has 0 aliphatic carbocycles. The van der Waals surface area contributed by atoms with Gasteiger partial charge in [-0.3, -0.25) is 4.79 Å². The number of nitrogens with zero attached hydrogens (tertiary/aromatic N) is 2. The van der Waals surface area contributed by atoms with E-state index in [-0.39, 0.29) is 5.91 Å². The van der Waals surface area contributed by atoms with E-state index in [1.807, 2.05) is 0 Å². The third kappa shape index (κ3) is 6.89. The first-order valence-electron chi connectivity index (χ1n) is 7.21. The first-order valence-corrected chi connectivity index (χ1v) is 7.21. The lowest BCUT2D eigenvalue weighted by Crippen LogP contribution is -2.29. The Balaban J connectivity index is 2.32. The Morgan fingerprint density at radius 2 is 2.24 bits per heavy atom. The minimum Gasteiger partial charge on any atom is -0.383 e. The highest BCUT2D eigenvalue weighted by Crippen LogP contribution is 2.10. The Kier molecular flexibility index (Phi) is 8.10. The number of amides is 1. The average molecular weight is 289 g/mol. The summed E-state index contributed by atoms with van der Waals surface area (Å²) < 4.78 is 5.06. The highest BCUT2D eigenvalue weighted by Gasteiger charge is 2.06. The molecule has 5 heteroatoms. The first-order chi connectivity index (χ1) is 10.2. The Hall–Kier alpha value is -1.90. The predicted octanol–water partition coefficient (Wildman–Crippen LogP) is 2.25. The molecular formula is C16H23N3O2. The zero-order valence-electron chi connectivity index (χ0n) is 12.8. The third-order valence-electron chi connectivity index (χ3n) is 3.21. The quantitative estimate of drug-likeness (QED) is 0.757. The van der Waals surface area contributed by atoms with Crippen LogP contribution in [0.4, 0.5) is 5.69 Å². The molecule has 0 heterocycles. The van der Waals surface area contributed by atoms with Gasteiger partial charge in [0.05, 0.1) is 18.2 Å². The number of nitriles is 1. The van der Waals surface area contributed by atoms with Crippen LogP contribution in [-0.4, -0.2) is 44.2 Å². The lowest BCUT2D eigenvalue weighted by Gasteiger charge is -2.19. The Morgan fingerprint density at radius 1 is 1.43 bits per heavy atom. The van der Waals surface area contributed by atoms with Crippen LogP contribution in [0.25, 0.3) is 0 Å². The standard InChI is InChI=1S/C16H23N3O2/c1-3-19(10-11-21-2)9-5-8-16(20)18-15-7-4-6-14(12-15)13-17/h4,6-7,12H,3,5,8-11H2,1-2H3,(H,18,20). The lowest BCUT2D eigenvalue weighted by molar-refractivity contribution is -0.116. The molecule has 0 spiro atoms. The zero-order chi connectivity index (χ0) is 15.5. The normalized spacial score (nSPS) is 10.4. The van der Waals surface area contributed by atoms with Crippen molar-refractivity contribution in [1.82, 2.24) is 4.90 Å². The molecule has 0 atom stereocenters. The smallest absolute Gasteiger partial charge is 0.224 e. The maximum Gasteiger partial charge on any atom is 0.224 e. The van der Waals surface area contributed by atoms with Gasteiger partial charge in [0.1, 0.15) is 0 Å². The van der Waals surface area contributed by atoms with E-state index in [1.54, 1.807) is 31.4 Å². The number of hydrogen-bond donors (Lipinski definition) is 1. The molecule has 0 saturated heterocycles. The van der Waals surface area contributed by atoms with E-state index < -0.39 is 0 Å². The molecule has 0 unspecified atom stereocenters. The van der Waals surface area contributed by atoms with Crippen LogP contribution in [0.2, 0.25) is 0 Å². The van der Waals surface area contributed by atoms with Gasteiger partial charge in [-0.2, -0.15) is 5.26 Å². The Bertz CT molecular complexity index is 483. The van der Waals surface area contributed by atoms with Gasteiger partial charge in [0.25, 0.3) is 0 Å². The number of hydrogen-bond acceptors (Lipinski definition) is 4. The van der Waals surface area contributed by atoms with Crippen molar-refractivity contribution >= 4 is 11.6 Å². The maximum absolute atomic E-state index is 11.9. The van der Waals surface area contributed by atoms with Gasteiger partial charge in [0, 0.05) is 25.8 Å².